The lowest BCUT2D eigenvalue weighted by atomic mass is 9.84. The number of amides is 2. The molecule has 3 rings (SSSR count). The Morgan fingerprint density at radius 2 is 2.12 bits per heavy atom. The Bertz CT molecular complexity index is 783. The first-order valence-electron chi connectivity index (χ1n) is 8.52. The highest BCUT2D eigenvalue weighted by atomic mass is 32.2. The second-order valence-corrected chi connectivity index (χ2v) is 8.79. The van der Waals surface area contributed by atoms with Crippen LogP contribution < -0.4 is 15.4 Å². The first-order valence-corrected chi connectivity index (χ1v) is 10.4. The third-order valence-corrected chi connectivity index (χ3v) is 6.15. The Morgan fingerprint density at radius 1 is 1.38 bits per heavy atom. The van der Waals surface area contributed by atoms with Gasteiger partial charge in [-0.2, -0.15) is 0 Å². The van der Waals surface area contributed by atoms with E-state index in [-0.39, 0.29) is 18.4 Å². The maximum absolute atomic E-state index is 12.4. The minimum Gasteiger partial charge on any atom is -0.492 e. The molecule has 2 fully saturated rings. The molecule has 142 valence electrons. The molecule has 0 aromatic heterocycles. The number of nitrogens with zero attached hydrogens (tertiary/aromatic N) is 1. The summed E-state index contributed by atoms with van der Waals surface area (Å²) in [6.07, 6.45) is 1.88. The molecule has 0 unspecified atom stereocenters. The van der Waals surface area contributed by atoms with Crippen LogP contribution in [0.4, 0.5) is 0 Å². The summed E-state index contributed by atoms with van der Waals surface area (Å²) >= 11 is 0. The lowest BCUT2D eigenvalue weighted by Gasteiger charge is -2.20. The average Bonchev–Trinajstić information content (AvgIpc) is 3.18. The molecule has 0 aliphatic carbocycles. The van der Waals surface area contributed by atoms with E-state index in [1.807, 2.05) is 30.3 Å². The lowest BCUT2D eigenvalue weighted by Crippen LogP contribution is -2.43. The van der Waals surface area contributed by atoms with Gasteiger partial charge in [-0.15, -0.1) is 0 Å². The van der Waals surface area contributed by atoms with Crippen molar-refractivity contribution in [3.05, 3.63) is 30.3 Å². The van der Waals surface area contributed by atoms with Crippen LogP contribution in [-0.4, -0.2) is 63.1 Å². The smallest absolute Gasteiger partial charge is 0.242 e. The summed E-state index contributed by atoms with van der Waals surface area (Å²) in [5, 5.41) is 5.46. The van der Waals surface area contributed by atoms with Gasteiger partial charge in [-0.3, -0.25) is 9.59 Å². The fourth-order valence-corrected chi connectivity index (χ4v) is 4.36. The molecular formula is C17H23N3O5S. The van der Waals surface area contributed by atoms with Crippen LogP contribution in [0.15, 0.2) is 30.3 Å². The monoisotopic (exact) mass is 381 g/mol. The van der Waals surface area contributed by atoms with Crippen LogP contribution >= 0.6 is 0 Å². The van der Waals surface area contributed by atoms with Crippen molar-refractivity contribution in [2.45, 2.75) is 18.9 Å². The van der Waals surface area contributed by atoms with Crippen molar-refractivity contribution in [3.8, 4) is 5.75 Å². The third kappa shape index (κ3) is 3.99. The Balaban J connectivity index is 1.48. The van der Waals surface area contributed by atoms with E-state index in [0.717, 1.165) is 12.0 Å². The zero-order valence-corrected chi connectivity index (χ0v) is 15.4. The molecule has 0 saturated carbocycles. The number of nitrogens with one attached hydrogen (secondary N) is 2. The molecule has 0 radical (unpaired) electrons. The van der Waals surface area contributed by atoms with Gasteiger partial charge in [-0.25, -0.2) is 12.7 Å². The van der Waals surface area contributed by atoms with Gasteiger partial charge in [-0.1, -0.05) is 18.2 Å². The van der Waals surface area contributed by atoms with E-state index < -0.39 is 21.5 Å². The predicted molar refractivity (Wildman–Crippen MR) is 95.0 cm³/mol. The van der Waals surface area contributed by atoms with Gasteiger partial charge in [0.15, 0.2) is 0 Å². The summed E-state index contributed by atoms with van der Waals surface area (Å²) in [7, 11) is -3.33. The number of carbonyl (C=O) groups is 2. The van der Waals surface area contributed by atoms with Crippen molar-refractivity contribution in [2.24, 2.45) is 5.41 Å². The Labute approximate surface area is 152 Å². The molecular weight excluding hydrogens is 358 g/mol. The van der Waals surface area contributed by atoms with Gasteiger partial charge in [0.1, 0.15) is 18.4 Å². The number of carbonyl (C=O) groups excluding carboxylic acids is 2. The normalized spacial score (nSPS) is 26.0. The second-order valence-electron chi connectivity index (χ2n) is 6.81. The summed E-state index contributed by atoms with van der Waals surface area (Å²) in [6.45, 7) is 1.09. The molecule has 2 heterocycles. The SMILES string of the molecule is CS(=O)(=O)N1CC[C@]2(C[C@@H](C(=O)NCCOc3ccccc3)NC2=O)C1. The standard InChI is InChI=1S/C17H23N3O5S/c1-26(23,24)20-9-7-17(12-20)11-14(19-16(17)22)15(21)18-8-10-25-13-5-3-2-4-6-13/h2-6,14H,7-12H2,1H3,(H,18,21)(H,19,22)/t14-,17-/m0/s1. The first-order chi connectivity index (χ1) is 12.3. The van der Waals surface area contributed by atoms with Crippen molar-refractivity contribution >= 4 is 21.8 Å². The molecule has 0 bridgehead atoms. The van der Waals surface area contributed by atoms with Crippen LogP contribution in [0.2, 0.25) is 0 Å². The highest BCUT2D eigenvalue weighted by molar-refractivity contribution is 7.88. The molecule has 2 saturated heterocycles. The van der Waals surface area contributed by atoms with Gasteiger partial charge in [0.25, 0.3) is 0 Å². The second kappa shape index (κ2) is 7.24. The molecule has 26 heavy (non-hydrogen) atoms. The van der Waals surface area contributed by atoms with Crippen molar-refractivity contribution < 1.29 is 22.7 Å². The van der Waals surface area contributed by atoms with Gasteiger partial charge in [0, 0.05) is 13.1 Å². The van der Waals surface area contributed by atoms with Crippen LogP contribution in [0, 0.1) is 5.41 Å². The topological polar surface area (TPSA) is 105 Å². The quantitative estimate of drug-likeness (QED) is 0.660. The van der Waals surface area contributed by atoms with E-state index in [1.54, 1.807) is 0 Å². The molecule has 2 amide bonds. The Hall–Kier alpha value is -2.13. The highest BCUT2D eigenvalue weighted by Crippen LogP contribution is 2.40. The molecule has 2 aliphatic heterocycles. The first kappa shape index (κ1) is 18.7. The minimum absolute atomic E-state index is 0.137. The molecule has 1 aromatic rings. The van der Waals surface area contributed by atoms with Crippen molar-refractivity contribution in [1.82, 2.24) is 14.9 Å². The maximum atomic E-state index is 12.4. The number of ether oxygens (including phenoxy) is 1. The zero-order valence-electron chi connectivity index (χ0n) is 14.6. The molecule has 9 heteroatoms. The number of hydrogen-bond donors (Lipinski definition) is 2. The van der Waals surface area contributed by atoms with E-state index >= 15 is 0 Å². The molecule has 2 N–H and O–H groups in total. The largest absolute Gasteiger partial charge is 0.492 e. The van der Waals surface area contributed by atoms with Gasteiger partial charge in [0.05, 0.1) is 18.2 Å². The zero-order chi connectivity index (χ0) is 18.8. The summed E-state index contributed by atoms with van der Waals surface area (Å²) in [5.74, 6) is 0.204. The van der Waals surface area contributed by atoms with Crippen LogP contribution in [0.25, 0.3) is 0 Å². The summed E-state index contributed by atoms with van der Waals surface area (Å²) < 4.78 is 30.2. The summed E-state index contributed by atoms with van der Waals surface area (Å²) in [6, 6.07) is 8.64. The van der Waals surface area contributed by atoms with Crippen LogP contribution in [0.5, 0.6) is 5.75 Å². The van der Waals surface area contributed by atoms with E-state index in [4.69, 9.17) is 4.74 Å². The van der Waals surface area contributed by atoms with E-state index in [9.17, 15) is 18.0 Å². The van der Waals surface area contributed by atoms with Gasteiger partial charge < -0.3 is 15.4 Å². The van der Waals surface area contributed by atoms with Gasteiger partial charge in [0.2, 0.25) is 21.8 Å². The predicted octanol–water partition coefficient (Wildman–Crippen LogP) is -0.278. The number of para-hydroxylation sites is 1. The highest BCUT2D eigenvalue weighted by Gasteiger charge is 2.53. The van der Waals surface area contributed by atoms with Crippen LogP contribution in [0.3, 0.4) is 0 Å². The fraction of sp³-hybridized carbons (Fsp3) is 0.529. The molecule has 1 spiro atoms. The minimum atomic E-state index is -3.33. The maximum Gasteiger partial charge on any atom is 0.242 e. The van der Waals surface area contributed by atoms with Crippen LogP contribution in [-0.2, 0) is 19.6 Å². The third-order valence-electron chi connectivity index (χ3n) is 4.90. The van der Waals surface area contributed by atoms with Crippen molar-refractivity contribution in [2.75, 3.05) is 32.5 Å². The van der Waals surface area contributed by atoms with E-state index in [0.29, 0.717) is 32.5 Å². The fourth-order valence-electron chi connectivity index (χ4n) is 3.46. The van der Waals surface area contributed by atoms with Crippen molar-refractivity contribution in [1.29, 1.82) is 0 Å². The number of sulfonamides is 1. The Kier molecular flexibility index (Phi) is 5.19. The number of benzene rings is 1. The molecule has 8 nitrogen and oxygen atoms in total. The summed E-state index contributed by atoms with van der Waals surface area (Å²) in [5.41, 5.74) is -0.800. The van der Waals surface area contributed by atoms with E-state index in [2.05, 4.69) is 10.6 Å². The Morgan fingerprint density at radius 3 is 2.77 bits per heavy atom. The average molecular weight is 381 g/mol. The number of rotatable bonds is 6. The van der Waals surface area contributed by atoms with Gasteiger partial charge >= 0.3 is 0 Å². The van der Waals surface area contributed by atoms with Gasteiger partial charge in [-0.05, 0) is 25.0 Å². The lowest BCUT2D eigenvalue weighted by molar-refractivity contribution is -0.128. The molecule has 2 aliphatic rings. The van der Waals surface area contributed by atoms with Crippen molar-refractivity contribution in [3.63, 3.8) is 0 Å². The summed E-state index contributed by atoms with van der Waals surface area (Å²) in [4.78, 5) is 24.7. The molecule has 2 atom stereocenters. The number of hydrogen-bond acceptors (Lipinski definition) is 5. The van der Waals surface area contributed by atoms with E-state index in [1.165, 1.54) is 4.31 Å². The molecule has 1 aromatic carbocycles. The van der Waals surface area contributed by atoms with Crippen LogP contribution in [0.1, 0.15) is 12.8 Å².